The zero-order chi connectivity index (χ0) is 28.8. The van der Waals surface area contributed by atoms with Crippen LogP contribution in [0.3, 0.4) is 0 Å². The van der Waals surface area contributed by atoms with Gasteiger partial charge in [0.1, 0.15) is 17.9 Å². The summed E-state index contributed by atoms with van der Waals surface area (Å²) in [5, 5.41) is 7.14. The monoisotopic (exact) mass is 564 g/mol. The zero-order valence-electron chi connectivity index (χ0n) is 22.7. The molecule has 0 aliphatic rings. The second-order valence-electron chi connectivity index (χ2n) is 9.47. The van der Waals surface area contributed by atoms with Crippen LogP contribution in [0.4, 0.5) is 0 Å². The predicted octanol–water partition coefficient (Wildman–Crippen LogP) is 6.26. The second kappa shape index (κ2) is 12.5. The van der Waals surface area contributed by atoms with Crippen molar-refractivity contribution in [1.82, 2.24) is 20.2 Å². The first-order chi connectivity index (χ1) is 19.9. The standard InChI is InChI=1S/C33H29ClN4O3/c1-22-8-12-24-5-3-7-30(32(24)37-22)41-21-26-19-27(15-16-29(26)34)38-18-4-6-28(38)20-36-31(39)17-11-23-9-13-25(14-10-23)33(40)35-2/h3-19H,20-21H2,1-2H3,(H,35,40)(H,36,39)/b17-11+. The number of hydrogen-bond donors (Lipinski definition) is 2. The highest BCUT2D eigenvalue weighted by molar-refractivity contribution is 6.31. The lowest BCUT2D eigenvalue weighted by atomic mass is 10.1. The van der Waals surface area contributed by atoms with E-state index in [2.05, 4.69) is 15.6 Å². The topological polar surface area (TPSA) is 85.2 Å². The average Bonchev–Trinajstić information content (AvgIpc) is 3.47. The van der Waals surface area contributed by atoms with Crippen LogP contribution >= 0.6 is 11.6 Å². The number of carbonyl (C=O) groups excluding carboxylic acids is 2. The zero-order valence-corrected chi connectivity index (χ0v) is 23.5. The second-order valence-corrected chi connectivity index (χ2v) is 9.87. The lowest BCUT2D eigenvalue weighted by Crippen LogP contribution is -2.21. The fourth-order valence-electron chi connectivity index (χ4n) is 4.42. The third kappa shape index (κ3) is 6.65. The maximum absolute atomic E-state index is 12.5. The fraction of sp³-hybridized carbons (Fsp3) is 0.121. The third-order valence-corrected chi connectivity index (χ3v) is 6.99. The van der Waals surface area contributed by atoms with E-state index in [-0.39, 0.29) is 18.4 Å². The summed E-state index contributed by atoms with van der Waals surface area (Å²) in [6.45, 7) is 2.57. The van der Waals surface area contributed by atoms with Crippen molar-refractivity contribution < 1.29 is 14.3 Å². The van der Waals surface area contributed by atoms with Crippen LogP contribution in [0.15, 0.2) is 97.2 Å². The van der Waals surface area contributed by atoms with Crippen molar-refractivity contribution in [3.63, 3.8) is 0 Å². The fourth-order valence-corrected chi connectivity index (χ4v) is 4.59. The molecule has 7 nitrogen and oxygen atoms in total. The summed E-state index contributed by atoms with van der Waals surface area (Å²) in [6.07, 6.45) is 5.13. The number of pyridine rings is 1. The van der Waals surface area contributed by atoms with Gasteiger partial charge >= 0.3 is 0 Å². The first-order valence-corrected chi connectivity index (χ1v) is 13.5. The minimum atomic E-state index is -0.225. The highest BCUT2D eigenvalue weighted by Crippen LogP contribution is 2.27. The van der Waals surface area contributed by atoms with Gasteiger partial charge in [0.15, 0.2) is 0 Å². The van der Waals surface area contributed by atoms with Crippen LogP contribution < -0.4 is 15.4 Å². The molecule has 8 heteroatoms. The van der Waals surface area contributed by atoms with Gasteiger partial charge in [-0.1, -0.05) is 41.9 Å². The SMILES string of the molecule is CNC(=O)c1ccc(/C=C/C(=O)NCc2cccn2-c2ccc(Cl)c(COc3cccc4ccc(C)nc34)c2)cc1. The largest absolute Gasteiger partial charge is 0.487 e. The van der Waals surface area contributed by atoms with E-state index in [1.807, 2.05) is 78.4 Å². The first kappa shape index (κ1) is 27.7. The molecule has 5 rings (SSSR count). The molecule has 0 radical (unpaired) electrons. The number of aryl methyl sites for hydroxylation is 1. The lowest BCUT2D eigenvalue weighted by Gasteiger charge is -2.14. The Morgan fingerprint density at radius 1 is 1.00 bits per heavy atom. The Balaban J connectivity index is 1.24. The molecule has 0 fully saturated rings. The van der Waals surface area contributed by atoms with Gasteiger partial charge in [0.2, 0.25) is 5.91 Å². The summed E-state index contributed by atoms with van der Waals surface area (Å²) in [4.78, 5) is 28.8. The summed E-state index contributed by atoms with van der Waals surface area (Å²) >= 11 is 6.54. The van der Waals surface area contributed by atoms with E-state index < -0.39 is 0 Å². The minimum Gasteiger partial charge on any atom is -0.487 e. The Labute approximate surface area is 243 Å². The molecule has 2 amide bonds. The molecular weight excluding hydrogens is 536 g/mol. The molecule has 0 atom stereocenters. The molecule has 3 aromatic carbocycles. The van der Waals surface area contributed by atoms with E-state index in [0.29, 0.717) is 22.9 Å². The number of fused-ring (bicyclic) bond motifs is 1. The van der Waals surface area contributed by atoms with Crippen molar-refractivity contribution in [2.75, 3.05) is 7.05 Å². The molecule has 0 aliphatic carbocycles. The van der Waals surface area contributed by atoms with Crippen LogP contribution in [0.25, 0.3) is 22.7 Å². The number of nitrogens with zero attached hydrogens (tertiary/aromatic N) is 2. The van der Waals surface area contributed by atoms with E-state index >= 15 is 0 Å². The van der Waals surface area contributed by atoms with Gasteiger partial charge in [0.25, 0.3) is 5.91 Å². The Morgan fingerprint density at radius 2 is 1.83 bits per heavy atom. The van der Waals surface area contributed by atoms with E-state index in [1.165, 1.54) is 6.08 Å². The number of ether oxygens (including phenoxy) is 1. The number of amides is 2. The lowest BCUT2D eigenvalue weighted by molar-refractivity contribution is -0.116. The molecule has 2 N–H and O–H groups in total. The number of nitrogens with one attached hydrogen (secondary N) is 2. The number of rotatable bonds is 9. The highest BCUT2D eigenvalue weighted by atomic mass is 35.5. The van der Waals surface area contributed by atoms with Gasteiger partial charge in [-0.2, -0.15) is 0 Å². The summed E-state index contributed by atoms with van der Waals surface area (Å²) in [6, 6.07) is 26.6. The van der Waals surface area contributed by atoms with Crippen molar-refractivity contribution in [3.8, 4) is 11.4 Å². The number of benzene rings is 3. The molecule has 0 saturated heterocycles. The van der Waals surface area contributed by atoms with Gasteiger partial charge in [-0.05, 0) is 73.2 Å². The maximum Gasteiger partial charge on any atom is 0.251 e. The van der Waals surface area contributed by atoms with Gasteiger partial charge in [-0.15, -0.1) is 0 Å². The average molecular weight is 565 g/mol. The molecular formula is C33H29ClN4O3. The molecule has 5 aromatic rings. The van der Waals surface area contributed by atoms with Gasteiger partial charge < -0.3 is 19.9 Å². The highest BCUT2D eigenvalue weighted by Gasteiger charge is 2.10. The Morgan fingerprint density at radius 3 is 2.63 bits per heavy atom. The summed E-state index contributed by atoms with van der Waals surface area (Å²) in [5.41, 5.74) is 5.77. The van der Waals surface area contributed by atoms with Crippen LogP contribution in [0.5, 0.6) is 5.75 Å². The number of para-hydroxylation sites is 1. The number of carbonyl (C=O) groups is 2. The van der Waals surface area contributed by atoms with E-state index in [1.54, 1.807) is 37.4 Å². The number of aromatic nitrogens is 2. The molecule has 0 unspecified atom stereocenters. The molecule has 0 saturated carbocycles. The van der Waals surface area contributed by atoms with Crippen LogP contribution in [0, 0.1) is 6.92 Å². The smallest absolute Gasteiger partial charge is 0.251 e. The van der Waals surface area contributed by atoms with Crippen molar-refractivity contribution in [3.05, 3.63) is 130 Å². The number of halogens is 1. The van der Waals surface area contributed by atoms with E-state index in [9.17, 15) is 9.59 Å². The summed E-state index contributed by atoms with van der Waals surface area (Å²) in [7, 11) is 1.59. The Bertz CT molecular complexity index is 1740. The van der Waals surface area contributed by atoms with Crippen molar-refractivity contribution in [2.24, 2.45) is 0 Å². The molecule has 2 aromatic heterocycles. The molecule has 0 bridgehead atoms. The van der Waals surface area contributed by atoms with Crippen molar-refractivity contribution in [1.29, 1.82) is 0 Å². The third-order valence-electron chi connectivity index (χ3n) is 6.62. The normalized spacial score (nSPS) is 11.1. The van der Waals surface area contributed by atoms with Crippen molar-refractivity contribution in [2.45, 2.75) is 20.1 Å². The molecule has 206 valence electrons. The van der Waals surface area contributed by atoms with Gasteiger partial charge in [0.05, 0.1) is 6.54 Å². The molecule has 0 spiro atoms. The van der Waals surface area contributed by atoms with Crippen LogP contribution in [-0.2, 0) is 17.9 Å². The molecule has 0 aliphatic heterocycles. The van der Waals surface area contributed by atoms with Gasteiger partial charge in [-0.3, -0.25) is 9.59 Å². The Hall–Kier alpha value is -4.88. The predicted molar refractivity (Wildman–Crippen MR) is 162 cm³/mol. The minimum absolute atomic E-state index is 0.154. The van der Waals surface area contributed by atoms with E-state index in [4.69, 9.17) is 16.3 Å². The summed E-state index contributed by atoms with van der Waals surface area (Å²) < 4.78 is 8.17. The van der Waals surface area contributed by atoms with E-state index in [0.717, 1.165) is 39.1 Å². The van der Waals surface area contributed by atoms with Crippen molar-refractivity contribution >= 4 is 40.4 Å². The van der Waals surface area contributed by atoms with Crippen LogP contribution in [0.1, 0.15) is 32.9 Å². The van der Waals surface area contributed by atoms with Gasteiger partial charge in [-0.25, -0.2) is 4.98 Å². The first-order valence-electron chi connectivity index (χ1n) is 13.1. The molecule has 2 heterocycles. The Kier molecular flexibility index (Phi) is 8.46. The van der Waals surface area contributed by atoms with Crippen LogP contribution in [0.2, 0.25) is 5.02 Å². The number of hydrogen-bond acceptors (Lipinski definition) is 4. The summed E-state index contributed by atoms with van der Waals surface area (Å²) in [5.74, 6) is 0.323. The van der Waals surface area contributed by atoms with Gasteiger partial charge in [0, 0.05) is 57.9 Å². The quantitative estimate of drug-likeness (QED) is 0.207. The maximum atomic E-state index is 12.5. The van der Waals surface area contributed by atoms with Crippen LogP contribution in [-0.4, -0.2) is 28.4 Å². The molecule has 41 heavy (non-hydrogen) atoms.